The first kappa shape index (κ1) is 11.6. The van der Waals surface area contributed by atoms with Crippen LogP contribution in [0.25, 0.3) is 0 Å². The van der Waals surface area contributed by atoms with Crippen molar-refractivity contribution >= 4 is 0 Å². The predicted molar refractivity (Wildman–Crippen MR) is 66.5 cm³/mol. The minimum atomic E-state index is 0.157. The zero-order chi connectivity index (χ0) is 11.4. The number of likely N-dealkylation sites (tertiary alicyclic amines) is 1. The van der Waals surface area contributed by atoms with Gasteiger partial charge >= 0.3 is 0 Å². The van der Waals surface area contributed by atoms with Crippen LogP contribution in [-0.2, 0) is 6.61 Å². The number of nitrogens with zero attached hydrogens (tertiary/aromatic N) is 1. The predicted octanol–water partition coefficient (Wildman–Crippen LogP) is 2.38. The Morgan fingerprint density at radius 1 is 1.31 bits per heavy atom. The van der Waals surface area contributed by atoms with E-state index in [1.54, 1.807) is 0 Å². The summed E-state index contributed by atoms with van der Waals surface area (Å²) >= 11 is 0. The summed E-state index contributed by atoms with van der Waals surface area (Å²) in [5, 5.41) is 9.29. The third-order valence-corrected chi connectivity index (χ3v) is 3.58. The molecule has 1 saturated heterocycles. The SMILES string of the molecule is CC(CCN1CCC1)c1ccccc1CO. The summed E-state index contributed by atoms with van der Waals surface area (Å²) in [7, 11) is 0. The Morgan fingerprint density at radius 2 is 2.06 bits per heavy atom. The molecule has 0 radical (unpaired) electrons. The quantitative estimate of drug-likeness (QED) is 0.822. The molecule has 2 heteroatoms. The van der Waals surface area contributed by atoms with Crippen molar-refractivity contribution in [2.75, 3.05) is 19.6 Å². The minimum absolute atomic E-state index is 0.157. The first-order chi connectivity index (χ1) is 7.81. The lowest BCUT2D eigenvalue weighted by Crippen LogP contribution is -2.38. The number of aliphatic hydroxyl groups excluding tert-OH is 1. The van der Waals surface area contributed by atoms with E-state index in [4.69, 9.17) is 0 Å². The van der Waals surface area contributed by atoms with Gasteiger partial charge in [-0.25, -0.2) is 0 Å². The molecular formula is C14H21NO. The van der Waals surface area contributed by atoms with Crippen molar-refractivity contribution in [3.8, 4) is 0 Å². The summed E-state index contributed by atoms with van der Waals surface area (Å²) in [6.07, 6.45) is 2.55. The largest absolute Gasteiger partial charge is 0.392 e. The fourth-order valence-corrected chi connectivity index (χ4v) is 2.30. The summed E-state index contributed by atoms with van der Waals surface area (Å²) in [6.45, 7) is 6.15. The van der Waals surface area contributed by atoms with Crippen LogP contribution in [0.1, 0.15) is 36.8 Å². The second kappa shape index (κ2) is 5.46. The lowest BCUT2D eigenvalue weighted by molar-refractivity contribution is 0.176. The molecule has 1 atom stereocenters. The molecule has 16 heavy (non-hydrogen) atoms. The molecular weight excluding hydrogens is 198 g/mol. The van der Waals surface area contributed by atoms with E-state index in [9.17, 15) is 5.11 Å². The third-order valence-electron chi connectivity index (χ3n) is 3.58. The van der Waals surface area contributed by atoms with E-state index in [1.807, 2.05) is 12.1 Å². The van der Waals surface area contributed by atoms with Gasteiger partial charge in [0.15, 0.2) is 0 Å². The molecule has 88 valence electrons. The van der Waals surface area contributed by atoms with Crippen LogP contribution in [0.3, 0.4) is 0 Å². The van der Waals surface area contributed by atoms with Crippen molar-refractivity contribution in [3.05, 3.63) is 35.4 Å². The number of hydrogen-bond acceptors (Lipinski definition) is 2. The molecule has 2 nitrogen and oxygen atoms in total. The van der Waals surface area contributed by atoms with Crippen LogP contribution in [0.2, 0.25) is 0 Å². The molecule has 1 aliphatic rings. The lowest BCUT2D eigenvalue weighted by Gasteiger charge is -2.31. The molecule has 0 saturated carbocycles. The van der Waals surface area contributed by atoms with E-state index in [1.165, 1.54) is 38.0 Å². The summed E-state index contributed by atoms with van der Waals surface area (Å²) in [5.74, 6) is 0.545. The first-order valence-electron chi connectivity index (χ1n) is 6.22. The molecule has 0 amide bonds. The molecule has 0 spiro atoms. The Balaban J connectivity index is 1.93. The summed E-state index contributed by atoms with van der Waals surface area (Å²) in [5.41, 5.74) is 2.39. The van der Waals surface area contributed by atoms with Gasteiger partial charge in [-0.05, 0) is 49.5 Å². The van der Waals surface area contributed by atoms with Gasteiger partial charge in [-0.15, -0.1) is 0 Å². The van der Waals surface area contributed by atoms with Crippen LogP contribution in [0, 0.1) is 0 Å². The summed E-state index contributed by atoms with van der Waals surface area (Å²) < 4.78 is 0. The highest BCUT2D eigenvalue weighted by Gasteiger charge is 2.16. The molecule has 1 N–H and O–H groups in total. The van der Waals surface area contributed by atoms with Gasteiger partial charge in [-0.2, -0.15) is 0 Å². The van der Waals surface area contributed by atoms with Gasteiger partial charge in [0.25, 0.3) is 0 Å². The molecule has 1 unspecified atom stereocenters. The second-order valence-corrected chi connectivity index (χ2v) is 4.74. The van der Waals surface area contributed by atoms with Gasteiger partial charge in [-0.1, -0.05) is 31.2 Å². The zero-order valence-corrected chi connectivity index (χ0v) is 10.0. The third kappa shape index (κ3) is 2.63. The van der Waals surface area contributed by atoms with Crippen molar-refractivity contribution < 1.29 is 5.11 Å². The molecule has 1 heterocycles. The van der Waals surface area contributed by atoms with Crippen LogP contribution < -0.4 is 0 Å². The van der Waals surface area contributed by atoms with Gasteiger partial charge in [0, 0.05) is 0 Å². The highest BCUT2D eigenvalue weighted by Crippen LogP contribution is 2.24. The smallest absolute Gasteiger partial charge is 0.0684 e. The van der Waals surface area contributed by atoms with Gasteiger partial charge in [0.1, 0.15) is 0 Å². The first-order valence-corrected chi connectivity index (χ1v) is 6.22. The maximum absolute atomic E-state index is 9.29. The van der Waals surface area contributed by atoms with Gasteiger partial charge in [0.05, 0.1) is 6.61 Å². The molecule has 0 aromatic heterocycles. The van der Waals surface area contributed by atoms with Crippen LogP contribution in [0.5, 0.6) is 0 Å². The number of hydrogen-bond donors (Lipinski definition) is 1. The van der Waals surface area contributed by atoms with E-state index in [2.05, 4.69) is 24.0 Å². The highest BCUT2D eigenvalue weighted by molar-refractivity contribution is 5.29. The lowest BCUT2D eigenvalue weighted by atomic mass is 9.93. The van der Waals surface area contributed by atoms with Crippen molar-refractivity contribution in [2.24, 2.45) is 0 Å². The zero-order valence-electron chi connectivity index (χ0n) is 10.0. The Kier molecular flexibility index (Phi) is 3.97. The topological polar surface area (TPSA) is 23.5 Å². The van der Waals surface area contributed by atoms with E-state index in [-0.39, 0.29) is 6.61 Å². The van der Waals surface area contributed by atoms with Crippen molar-refractivity contribution in [1.29, 1.82) is 0 Å². The number of aliphatic hydroxyl groups is 1. The van der Waals surface area contributed by atoms with Crippen LogP contribution in [0.15, 0.2) is 24.3 Å². The average molecular weight is 219 g/mol. The molecule has 1 fully saturated rings. The van der Waals surface area contributed by atoms with E-state index >= 15 is 0 Å². The van der Waals surface area contributed by atoms with Gasteiger partial charge < -0.3 is 10.0 Å². The standard InChI is InChI=1S/C14H21NO/c1-12(7-10-15-8-4-9-15)14-6-3-2-5-13(14)11-16/h2-3,5-6,12,16H,4,7-11H2,1H3. The van der Waals surface area contributed by atoms with Crippen LogP contribution >= 0.6 is 0 Å². The monoisotopic (exact) mass is 219 g/mol. The maximum atomic E-state index is 9.29. The van der Waals surface area contributed by atoms with Crippen molar-refractivity contribution in [2.45, 2.75) is 32.3 Å². The summed E-state index contributed by atoms with van der Waals surface area (Å²) in [4.78, 5) is 2.50. The number of rotatable bonds is 5. The Hall–Kier alpha value is -0.860. The molecule has 0 aliphatic carbocycles. The van der Waals surface area contributed by atoms with Crippen LogP contribution in [0.4, 0.5) is 0 Å². The molecule has 1 aromatic carbocycles. The minimum Gasteiger partial charge on any atom is -0.392 e. The normalized spacial score (nSPS) is 18.1. The van der Waals surface area contributed by atoms with Crippen LogP contribution in [-0.4, -0.2) is 29.6 Å². The molecule has 1 aromatic rings. The van der Waals surface area contributed by atoms with Crippen molar-refractivity contribution in [3.63, 3.8) is 0 Å². The highest BCUT2D eigenvalue weighted by atomic mass is 16.3. The fraction of sp³-hybridized carbons (Fsp3) is 0.571. The maximum Gasteiger partial charge on any atom is 0.0684 e. The Bertz CT molecular complexity index is 333. The van der Waals surface area contributed by atoms with Gasteiger partial charge in [-0.3, -0.25) is 0 Å². The molecule has 0 bridgehead atoms. The Morgan fingerprint density at radius 3 is 2.69 bits per heavy atom. The van der Waals surface area contributed by atoms with Crippen molar-refractivity contribution in [1.82, 2.24) is 4.90 Å². The fourth-order valence-electron chi connectivity index (χ4n) is 2.30. The molecule has 1 aliphatic heterocycles. The average Bonchev–Trinajstić information content (AvgIpc) is 2.26. The van der Waals surface area contributed by atoms with E-state index in [0.717, 1.165) is 5.56 Å². The number of benzene rings is 1. The second-order valence-electron chi connectivity index (χ2n) is 4.74. The van der Waals surface area contributed by atoms with E-state index < -0.39 is 0 Å². The van der Waals surface area contributed by atoms with Gasteiger partial charge in [0.2, 0.25) is 0 Å². The summed E-state index contributed by atoms with van der Waals surface area (Å²) in [6, 6.07) is 8.23. The van der Waals surface area contributed by atoms with E-state index in [0.29, 0.717) is 5.92 Å². The molecule has 2 rings (SSSR count). The Labute approximate surface area is 97.9 Å².